The van der Waals surface area contributed by atoms with Crippen molar-refractivity contribution in [1.29, 1.82) is 0 Å². The van der Waals surface area contributed by atoms with Crippen molar-refractivity contribution >= 4 is 23.1 Å². The summed E-state index contributed by atoms with van der Waals surface area (Å²) >= 11 is 5.93. The van der Waals surface area contributed by atoms with E-state index < -0.39 is 0 Å². The molecule has 2 nitrogen and oxygen atoms in total. The van der Waals surface area contributed by atoms with Gasteiger partial charge in [-0.05, 0) is 49.1 Å². The first kappa shape index (κ1) is 14.2. The Morgan fingerprint density at radius 2 is 1.90 bits per heavy atom. The Labute approximate surface area is 130 Å². The van der Waals surface area contributed by atoms with Gasteiger partial charge in [-0.25, -0.2) is 0 Å². The number of para-hydroxylation sites is 1. The number of hydrogen-bond acceptors (Lipinski definition) is 2. The summed E-state index contributed by atoms with van der Waals surface area (Å²) in [6, 6.07) is 16.0. The molecule has 0 amide bonds. The molecular weight excluding hydrogens is 282 g/mol. The topological polar surface area (TPSA) is 20.3 Å². The van der Waals surface area contributed by atoms with Crippen LogP contribution in [-0.4, -0.2) is 18.4 Å². The molecule has 108 valence electrons. The molecule has 21 heavy (non-hydrogen) atoms. The lowest BCUT2D eigenvalue weighted by Crippen LogP contribution is -2.40. The number of fused-ring (bicyclic) bond motifs is 1. The third kappa shape index (κ3) is 2.96. The molecule has 0 aromatic heterocycles. The van der Waals surface area contributed by atoms with Gasteiger partial charge in [0.05, 0.1) is 6.04 Å². The highest BCUT2D eigenvalue weighted by Gasteiger charge is 2.28. The van der Waals surface area contributed by atoms with E-state index in [9.17, 15) is 4.79 Å². The predicted molar refractivity (Wildman–Crippen MR) is 87.1 cm³/mol. The first-order valence-corrected chi connectivity index (χ1v) is 7.62. The fraction of sp³-hybridized carbons (Fsp3) is 0.278. The van der Waals surface area contributed by atoms with Gasteiger partial charge in [0, 0.05) is 17.3 Å². The van der Waals surface area contributed by atoms with E-state index in [1.54, 1.807) is 6.92 Å². The smallest absolute Gasteiger partial charge is 0.152 e. The highest BCUT2D eigenvalue weighted by molar-refractivity contribution is 6.30. The summed E-state index contributed by atoms with van der Waals surface area (Å²) in [5, 5.41) is 0.727. The van der Waals surface area contributed by atoms with Crippen molar-refractivity contribution in [3.05, 3.63) is 64.7 Å². The van der Waals surface area contributed by atoms with Crippen LogP contribution >= 0.6 is 11.6 Å². The summed E-state index contributed by atoms with van der Waals surface area (Å²) in [4.78, 5) is 14.4. The molecular formula is C18H18ClNO. The average Bonchev–Trinajstić information content (AvgIpc) is 2.90. The highest BCUT2D eigenvalue weighted by atomic mass is 35.5. The lowest BCUT2D eigenvalue weighted by Gasteiger charge is -2.28. The van der Waals surface area contributed by atoms with Gasteiger partial charge < -0.3 is 4.90 Å². The number of rotatable bonds is 4. The summed E-state index contributed by atoms with van der Waals surface area (Å²) in [6.07, 6.45) is 1.74. The summed E-state index contributed by atoms with van der Waals surface area (Å²) in [6.45, 7) is 2.60. The number of Topliss-reactive ketones (excluding diaryl/α,β-unsaturated/α-hetero) is 1. The predicted octanol–water partition coefficient (Wildman–Crippen LogP) is 3.90. The van der Waals surface area contributed by atoms with Gasteiger partial charge in [-0.2, -0.15) is 0 Å². The van der Waals surface area contributed by atoms with Crippen LogP contribution in [0, 0.1) is 0 Å². The number of anilines is 1. The Hall–Kier alpha value is -1.80. The van der Waals surface area contributed by atoms with Crippen LogP contribution in [-0.2, 0) is 17.6 Å². The van der Waals surface area contributed by atoms with Crippen LogP contribution < -0.4 is 4.90 Å². The van der Waals surface area contributed by atoms with Crippen molar-refractivity contribution < 1.29 is 4.79 Å². The second-order valence-corrected chi connectivity index (χ2v) is 5.97. The number of benzene rings is 2. The number of carbonyl (C=O) groups excluding carboxylic acids is 1. The molecule has 0 aliphatic carbocycles. The molecule has 0 radical (unpaired) electrons. The lowest BCUT2D eigenvalue weighted by molar-refractivity contribution is -0.118. The fourth-order valence-electron chi connectivity index (χ4n) is 3.00. The second-order valence-electron chi connectivity index (χ2n) is 5.53. The third-order valence-electron chi connectivity index (χ3n) is 4.11. The largest absolute Gasteiger partial charge is 0.361 e. The number of ketones is 1. The van der Waals surface area contributed by atoms with Gasteiger partial charge in [0.1, 0.15) is 0 Å². The zero-order valence-corrected chi connectivity index (χ0v) is 12.8. The third-order valence-corrected chi connectivity index (χ3v) is 4.36. The second kappa shape index (κ2) is 5.90. The van der Waals surface area contributed by atoms with Gasteiger partial charge in [0.15, 0.2) is 5.78 Å². The van der Waals surface area contributed by atoms with Gasteiger partial charge in [0.2, 0.25) is 0 Å². The minimum absolute atomic E-state index is 0.102. The van der Waals surface area contributed by atoms with Crippen molar-refractivity contribution in [2.75, 3.05) is 11.4 Å². The van der Waals surface area contributed by atoms with Crippen LogP contribution in [0.2, 0.25) is 5.02 Å². The Morgan fingerprint density at radius 1 is 1.19 bits per heavy atom. The van der Waals surface area contributed by atoms with Crippen molar-refractivity contribution in [3.8, 4) is 0 Å². The van der Waals surface area contributed by atoms with Crippen molar-refractivity contribution in [3.63, 3.8) is 0 Å². The molecule has 2 aromatic carbocycles. The van der Waals surface area contributed by atoms with Gasteiger partial charge in [-0.15, -0.1) is 0 Å². The van der Waals surface area contributed by atoms with Crippen LogP contribution in [0.25, 0.3) is 0 Å². The van der Waals surface area contributed by atoms with Gasteiger partial charge in [-0.1, -0.05) is 41.9 Å². The maximum absolute atomic E-state index is 12.1. The van der Waals surface area contributed by atoms with Crippen LogP contribution in [0.4, 0.5) is 5.69 Å². The molecule has 1 unspecified atom stereocenters. The van der Waals surface area contributed by atoms with E-state index >= 15 is 0 Å². The fourth-order valence-corrected chi connectivity index (χ4v) is 3.13. The van der Waals surface area contributed by atoms with E-state index in [0.717, 1.165) is 30.0 Å². The first-order valence-electron chi connectivity index (χ1n) is 7.24. The van der Waals surface area contributed by atoms with Crippen molar-refractivity contribution in [1.82, 2.24) is 0 Å². The molecule has 0 spiro atoms. The summed E-state index contributed by atoms with van der Waals surface area (Å²) < 4.78 is 0. The zero-order chi connectivity index (χ0) is 14.8. The monoisotopic (exact) mass is 299 g/mol. The molecule has 1 heterocycles. The first-order chi connectivity index (χ1) is 10.1. The summed E-state index contributed by atoms with van der Waals surface area (Å²) in [7, 11) is 0. The van der Waals surface area contributed by atoms with Gasteiger partial charge in [-0.3, -0.25) is 4.79 Å². The minimum atomic E-state index is -0.102. The van der Waals surface area contributed by atoms with Crippen LogP contribution in [0.15, 0.2) is 48.5 Å². The molecule has 0 N–H and O–H groups in total. The molecule has 2 aromatic rings. The van der Waals surface area contributed by atoms with Gasteiger partial charge >= 0.3 is 0 Å². The maximum atomic E-state index is 12.1. The van der Waals surface area contributed by atoms with E-state index in [4.69, 9.17) is 11.6 Å². The van der Waals surface area contributed by atoms with E-state index in [1.165, 1.54) is 11.3 Å². The van der Waals surface area contributed by atoms with E-state index in [0.29, 0.717) is 0 Å². The highest BCUT2D eigenvalue weighted by Crippen LogP contribution is 2.30. The standard InChI is InChI=1S/C18H18ClNO/c1-13(21)18(12-14-6-8-16(19)9-7-14)20-11-10-15-4-2-3-5-17(15)20/h2-9,18H,10-12H2,1H3. The number of nitrogens with zero attached hydrogens (tertiary/aromatic N) is 1. The molecule has 0 bridgehead atoms. The maximum Gasteiger partial charge on any atom is 0.152 e. The van der Waals surface area contributed by atoms with Crippen LogP contribution in [0.5, 0.6) is 0 Å². The Morgan fingerprint density at radius 3 is 2.62 bits per heavy atom. The summed E-state index contributed by atoms with van der Waals surface area (Å²) in [5.41, 5.74) is 3.68. The summed E-state index contributed by atoms with van der Waals surface area (Å²) in [5.74, 6) is 0.210. The lowest BCUT2D eigenvalue weighted by atomic mass is 10.0. The Bertz CT molecular complexity index is 651. The molecule has 0 saturated heterocycles. The molecule has 3 heteroatoms. The molecule has 0 fully saturated rings. The van der Waals surface area contributed by atoms with E-state index in [-0.39, 0.29) is 11.8 Å². The Kier molecular flexibility index (Phi) is 3.98. The van der Waals surface area contributed by atoms with Crippen molar-refractivity contribution in [2.45, 2.75) is 25.8 Å². The number of halogens is 1. The van der Waals surface area contributed by atoms with Crippen LogP contribution in [0.3, 0.4) is 0 Å². The molecule has 0 saturated carbocycles. The zero-order valence-electron chi connectivity index (χ0n) is 12.1. The molecule has 3 rings (SSSR count). The normalized spacial score (nSPS) is 14.9. The number of hydrogen-bond donors (Lipinski definition) is 0. The van der Waals surface area contributed by atoms with E-state index in [1.807, 2.05) is 30.3 Å². The van der Waals surface area contributed by atoms with E-state index in [2.05, 4.69) is 23.1 Å². The van der Waals surface area contributed by atoms with Crippen molar-refractivity contribution in [2.24, 2.45) is 0 Å². The Balaban J connectivity index is 1.86. The molecule has 1 aliphatic rings. The molecule has 1 atom stereocenters. The molecule has 1 aliphatic heterocycles. The SMILES string of the molecule is CC(=O)C(Cc1ccc(Cl)cc1)N1CCc2ccccc21. The number of carbonyl (C=O) groups is 1. The quantitative estimate of drug-likeness (QED) is 0.853. The average molecular weight is 300 g/mol. The minimum Gasteiger partial charge on any atom is -0.361 e. The van der Waals surface area contributed by atoms with Crippen LogP contribution in [0.1, 0.15) is 18.1 Å². The van der Waals surface area contributed by atoms with Gasteiger partial charge in [0.25, 0.3) is 0 Å².